The lowest BCUT2D eigenvalue weighted by Gasteiger charge is -1.83. The van der Waals surface area contributed by atoms with Crippen molar-refractivity contribution < 1.29 is 4.79 Å². The number of hydrogen-bond donors (Lipinski definition) is 1. The van der Waals surface area contributed by atoms with Gasteiger partial charge in [-0.2, -0.15) is 0 Å². The molecule has 0 fully saturated rings. The molecule has 0 aliphatic rings. The summed E-state index contributed by atoms with van der Waals surface area (Å²) >= 11 is 5.68. The van der Waals surface area contributed by atoms with Gasteiger partial charge in [-0.3, -0.25) is 9.14 Å². The van der Waals surface area contributed by atoms with Crippen molar-refractivity contribution in [3.63, 3.8) is 0 Å². The molecule has 1 amide bonds. The van der Waals surface area contributed by atoms with Gasteiger partial charge in [0.25, 0.3) is 0 Å². The van der Waals surface area contributed by atoms with Crippen molar-refractivity contribution in [1.29, 1.82) is 0 Å². The summed E-state index contributed by atoms with van der Waals surface area (Å²) in [5, 5.41) is 0.345. The van der Waals surface area contributed by atoms with E-state index in [4.69, 9.17) is 0 Å². The van der Waals surface area contributed by atoms with Crippen LogP contribution in [0.2, 0.25) is 0 Å². The molecule has 0 unspecified atom stereocenters. The van der Waals surface area contributed by atoms with Gasteiger partial charge in [0.15, 0.2) is 0 Å². The van der Waals surface area contributed by atoms with E-state index >= 15 is 0 Å². The van der Waals surface area contributed by atoms with Crippen LogP contribution in [0.3, 0.4) is 0 Å². The number of nitrogens with one attached hydrogen (secondary N) is 1. The van der Waals surface area contributed by atoms with Crippen LogP contribution in [-0.4, -0.2) is 11.2 Å². The Morgan fingerprint density at radius 2 is 2.33 bits per heavy atom. The molecule has 0 aliphatic heterocycles. The van der Waals surface area contributed by atoms with Crippen molar-refractivity contribution in [1.82, 2.24) is 4.34 Å². The van der Waals surface area contributed by atoms with E-state index in [0.29, 0.717) is 5.33 Å². The lowest BCUT2D eigenvalue weighted by molar-refractivity contribution is -0.116. The molecule has 0 radical (unpaired) electrons. The molecule has 0 bridgehead atoms. The van der Waals surface area contributed by atoms with Crippen LogP contribution in [0.15, 0.2) is 0 Å². The van der Waals surface area contributed by atoms with Crippen LogP contribution < -0.4 is 4.34 Å². The van der Waals surface area contributed by atoms with Gasteiger partial charge in [-0.15, -0.1) is 0 Å². The maximum absolute atomic E-state index is 9.98. The van der Waals surface area contributed by atoms with Gasteiger partial charge in [-0.1, -0.05) is 15.9 Å². The maximum atomic E-state index is 9.98. The molecule has 0 heterocycles. The molecule has 2 nitrogen and oxygen atoms in total. The third-order valence-corrected chi connectivity index (χ3v) is 1.18. The molecule has 0 saturated carbocycles. The number of halogens is 2. The summed E-state index contributed by atoms with van der Waals surface area (Å²) in [5.41, 5.74) is 0. The smallest absolute Gasteiger partial charge is 0.240 e. The Morgan fingerprint density at radius 1 is 1.83 bits per heavy atom. The van der Waals surface area contributed by atoms with Crippen molar-refractivity contribution in [2.24, 2.45) is 0 Å². The van der Waals surface area contributed by atoms with Crippen molar-refractivity contribution in [2.45, 2.75) is 0 Å². The predicted molar refractivity (Wildman–Crippen MR) is 30.9 cm³/mol. The summed E-state index contributed by atoms with van der Waals surface area (Å²) in [6, 6.07) is 0. The topological polar surface area (TPSA) is 29.1 Å². The van der Waals surface area contributed by atoms with Crippen LogP contribution in [0.5, 0.6) is 0 Å². The molecule has 36 valence electrons. The first-order valence-electron chi connectivity index (χ1n) is 1.26. The number of carbonyl (C=O) groups is 1. The summed E-state index contributed by atoms with van der Waals surface area (Å²) in [4.78, 5) is 9.98. The van der Waals surface area contributed by atoms with Crippen LogP contribution in [0, 0.1) is 0 Å². The van der Waals surface area contributed by atoms with Gasteiger partial charge in [0.1, 0.15) is 0 Å². The van der Waals surface area contributed by atoms with Crippen LogP contribution in [0.1, 0.15) is 0 Å². The summed E-state index contributed by atoms with van der Waals surface area (Å²) in [7, 11) is 0. The minimum Gasteiger partial charge on any atom is -0.292 e. The van der Waals surface area contributed by atoms with Gasteiger partial charge in [0.05, 0.1) is 5.33 Å². The van der Waals surface area contributed by atoms with Gasteiger partial charge in [-0.25, -0.2) is 0 Å². The molecule has 0 aromatic heterocycles. The third-order valence-electron chi connectivity index (χ3n) is 0.227. The Kier molecular flexibility index (Phi) is 3.87. The quantitative estimate of drug-likeness (QED) is 0.510. The molecule has 0 rings (SSSR count). The van der Waals surface area contributed by atoms with Crippen LogP contribution >= 0.6 is 32.1 Å². The largest absolute Gasteiger partial charge is 0.292 e. The van der Waals surface area contributed by atoms with Crippen molar-refractivity contribution in [3.8, 4) is 0 Å². The minimum atomic E-state index is -0.0741. The van der Waals surface area contributed by atoms with Gasteiger partial charge < -0.3 is 0 Å². The molecule has 1 N–H and O–H groups in total. The highest BCUT2D eigenvalue weighted by atomic mass is 79.9. The zero-order valence-corrected chi connectivity index (χ0v) is 6.04. The third kappa shape index (κ3) is 2.66. The molecule has 0 aliphatic carbocycles. The van der Waals surface area contributed by atoms with Gasteiger partial charge in [0, 0.05) is 16.1 Å². The number of alkyl halides is 1. The molecule has 0 spiro atoms. The van der Waals surface area contributed by atoms with E-state index in [9.17, 15) is 4.79 Å². The summed E-state index contributed by atoms with van der Waals surface area (Å²) < 4.78 is 2.24. The highest BCUT2D eigenvalue weighted by Gasteiger charge is 1.88. The fourth-order valence-electron chi connectivity index (χ4n) is 0.0253. The Balaban J connectivity index is 2.99. The molecule has 0 saturated heterocycles. The first-order valence-corrected chi connectivity index (χ1v) is 3.18. The average molecular weight is 217 g/mol. The Morgan fingerprint density at radius 3 is 2.33 bits per heavy atom. The molecule has 0 aromatic carbocycles. The monoisotopic (exact) mass is 215 g/mol. The van der Waals surface area contributed by atoms with Gasteiger partial charge >= 0.3 is 0 Å². The Hall–Kier alpha value is 0.430. The predicted octanol–water partition coefficient (Wildman–Crippen LogP) is 0.807. The van der Waals surface area contributed by atoms with Gasteiger partial charge in [-0.05, 0) is 0 Å². The second-order valence-corrected chi connectivity index (χ2v) is 1.61. The molecule has 0 atom stereocenters. The fourth-order valence-corrected chi connectivity index (χ4v) is 0.682. The van der Waals surface area contributed by atoms with Crippen LogP contribution in [0.25, 0.3) is 0 Å². The lowest BCUT2D eigenvalue weighted by atomic mass is 10.8. The van der Waals surface area contributed by atoms with Gasteiger partial charge in [0.2, 0.25) is 5.91 Å². The van der Waals surface area contributed by atoms with Crippen LogP contribution in [-0.2, 0) is 4.79 Å². The molecule has 0 aromatic rings. The first kappa shape index (κ1) is 6.43. The number of hydrogen-bond acceptors (Lipinski definition) is 1. The van der Waals surface area contributed by atoms with E-state index in [1.807, 2.05) is 0 Å². The molecular weight excluding hydrogens is 214 g/mol. The van der Waals surface area contributed by atoms with E-state index in [1.165, 1.54) is 0 Å². The van der Waals surface area contributed by atoms with Crippen LogP contribution in [0.4, 0.5) is 0 Å². The maximum Gasteiger partial charge on any atom is 0.240 e. The van der Waals surface area contributed by atoms with E-state index < -0.39 is 0 Å². The normalized spacial score (nSPS) is 7.67. The number of amides is 1. The highest BCUT2D eigenvalue weighted by molar-refractivity contribution is 9.09. The minimum absolute atomic E-state index is 0.0741. The molecule has 6 heavy (non-hydrogen) atoms. The zero-order valence-electron chi connectivity index (χ0n) is 2.87. The summed E-state index contributed by atoms with van der Waals surface area (Å²) in [6.45, 7) is 0. The van der Waals surface area contributed by atoms with Crippen molar-refractivity contribution in [3.05, 3.63) is 0 Å². The van der Waals surface area contributed by atoms with E-state index in [0.717, 1.165) is 0 Å². The second kappa shape index (κ2) is 3.61. The first-order chi connectivity index (χ1) is 2.81. The lowest BCUT2D eigenvalue weighted by Crippen LogP contribution is -2.11. The second-order valence-electron chi connectivity index (χ2n) is 0.651. The number of rotatable bonds is 1. The fraction of sp³-hybridized carbons (Fsp3) is 0.500. The summed E-state index contributed by atoms with van der Waals surface area (Å²) in [5.74, 6) is -0.0741. The molecule has 4 heteroatoms. The zero-order chi connectivity index (χ0) is 4.99. The Labute approximate surface area is 52.8 Å². The van der Waals surface area contributed by atoms with Crippen molar-refractivity contribution >= 4 is 38.0 Å². The van der Waals surface area contributed by atoms with Crippen molar-refractivity contribution in [2.75, 3.05) is 5.33 Å². The van der Waals surface area contributed by atoms with E-state index in [1.54, 1.807) is 0 Å². The highest BCUT2D eigenvalue weighted by Crippen LogP contribution is 1.78. The average Bonchev–Trinajstić information content (AvgIpc) is 1.65. The SMILES string of the molecule is O=C(CBr)NBr. The number of carbonyl (C=O) groups excluding carboxylic acids is 1. The van der Waals surface area contributed by atoms with E-state index in [2.05, 4.69) is 36.4 Å². The molecular formula is C2H3Br2NO. The Bertz CT molecular complexity index is 49.5. The standard InChI is InChI=1S/C2H3Br2NO/c3-1-2(6)5-4/h1H2,(H,5,6). The summed E-state index contributed by atoms with van der Waals surface area (Å²) in [6.07, 6.45) is 0. The van der Waals surface area contributed by atoms with E-state index in [-0.39, 0.29) is 5.91 Å².